The number of aromatic nitrogens is 2. The fourth-order valence-corrected chi connectivity index (χ4v) is 3.38. The van der Waals surface area contributed by atoms with E-state index in [0.29, 0.717) is 0 Å². The Labute approximate surface area is 122 Å². The molecule has 0 bridgehead atoms. The lowest BCUT2D eigenvalue weighted by molar-refractivity contribution is 0.944. The summed E-state index contributed by atoms with van der Waals surface area (Å²) in [5.74, 6) is 1.10. The molecule has 0 radical (unpaired) electrons. The molecule has 1 aromatic carbocycles. The van der Waals surface area contributed by atoms with Gasteiger partial charge in [-0.15, -0.1) is 0 Å². The summed E-state index contributed by atoms with van der Waals surface area (Å²) in [6.07, 6.45) is 4.48. The molecule has 3 heterocycles. The minimum atomic E-state index is 1.07. The van der Waals surface area contributed by atoms with Crippen LogP contribution in [0.5, 0.6) is 0 Å². The van der Waals surface area contributed by atoms with Gasteiger partial charge in [-0.25, -0.2) is 9.36 Å². The van der Waals surface area contributed by atoms with Crippen LogP contribution in [0.25, 0.3) is 22.0 Å². The summed E-state index contributed by atoms with van der Waals surface area (Å²) in [6, 6.07) is 10.6. The zero-order valence-corrected chi connectivity index (χ0v) is 11.9. The highest BCUT2D eigenvalue weighted by atomic mass is 32.1. The third kappa shape index (κ3) is 1.96. The van der Waals surface area contributed by atoms with E-state index in [0.717, 1.165) is 24.4 Å². The standard InChI is InChI=1S/C16H15N3S/c1-2-6-15-13(5-1)14(12-10-17-20-11-12)9-16(18-15)19-7-3-4-8-19/h1-2,5-6,9-11H,3-4,7-8H2. The second-order valence-corrected chi connectivity index (χ2v) is 5.81. The maximum absolute atomic E-state index is 4.84. The van der Waals surface area contributed by atoms with Gasteiger partial charge < -0.3 is 4.90 Å². The van der Waals surface area contributed by atoms with E-state index in [9.17, 15) is 0 Å². The normalized spacial score (nSPS) is 15.1. The van der Waals surface area contributed by atoms with E-state index in [1.54, 1.807) is 0 Å². The van der Waals surface area contributed by atoms with Crippen molar-refractivity contribution in [2.24, 2.45) is 0 Å². The number of rotatable bonds is 2. The van der Waals surface area contributed by atoms with E-state index < -0.39 is 0 Å². The molecule has 0 saturated carbocycles. The molecule has 0 aliphatic carbocycles. The molecule has 4 rings (SSSR count). The first-order valence-corrected chi connectivity index (χ1v) is 7.80. The molecule has 0 atom stereocenters. The fourth-order valence-electron chi connectivity index (χ4n) is 2.85. The van der Waals surface area contributed by atoms with Crippen molar-refractivity contribution in [3.8, 4) is 11.1 Å². The van der Waals surface area contributed by atoms with Crippen molar-refractivity contribution < 1.29 is 0 Å². The highest BCUT2D eigenvalue weighted by Gasteiger charge is 2.16. The van der Waals surface area contributed by atoms with Crippen LogP contribution in [0, 0.1) is 0 Å². The first-order chi connectivity index (χ1) is 9.92. The molecule has 1 aliphatic heterocycles. The Morgan fingerprint density at radius 2 is 1.95 bits per heavy atom. The molecule has 2 aromatic heterocycles. The van der Waals surface area contributed by atoms with Gasteiger partial charge in [0.1, 0.15) is 5.82 Å². The lowest BCUT2D eigenvalue weighted by Crippen LogP contribution is -2.19. The molecule has 4 heteroatoms. The number of pyridine rings is 1. The predicted octanol–water partition coefficient (Wildman–Crippen LogP) is 3.96. The van der Waals surface area contributed by atoms with Gasteiger partial charge in [0.05, 0.1) is 5.52 Å². The summed E-state index contributed by atoms with van der Waals surface area (Å²) >= 11 is 1.50. The van der Waals surface area contributed by atoms with Crippen molar-refractivity contribution in [3.63, 3.8) is 0 Å². The van der Waals surface area contributed by atoms with E-state index in [2.05, 4.69) is 45.0 Å². The second kappa shape index (κ2) is 4.87. The topological polar surface area (TPSA) is 29.0 Å². The number of hydrogen-bond donors (Lipinski definition) is 0. The third-order valence-corrected chi connectivity index (χ3v) is 4.46. The Morgan fingerprint density at radius 3 is 2.75 bits per heavy atom. The summed E-state index contributed by atoms with van der Waals surface area (Å²) in [5, 5.41) is 3.31. The van der Waals surface area contributed by atoms with Crippen molar-refractivity contribution in [1.29, 1.82) is 0 Å². The van der Waals surface area contributed by atoms with Crippen LogP contribution in [-0.4, -0.2) is 22.4 Å². The van der Waals surface area contributed by atoms with Crippen LogP contribution < -0.4 is 4.90 Å². The van der Waals surface area contributed by atoms with Crippen molar-refractivity contribution >= 4 is 28.3 Å². The smallest absolute Gasteiger partial charge is 0.129 e. The number of benzene rings is 1. The Morgan fingerprint density at radius 1 is 1.10 bits per heavy atom. The highest BCUT2D eigenvalue weighted by molar-refractivity contribution is 7.03. The van der Waals surface area contributed by atoms with Crippen LogP contribution in [0.4, 0.5) is 5.82 Å². The summed E-state index contributed by atoms with van der Waals surface area (Å²) in [5.41, 5.74) is 3.50. The summed E-state index contributed by atoms with van der Waals surface area (Å²) in [4.78, 5) is 7.22. The van der Waals surface area contributed by atoms with Crippen molar-refractivity contribution in [1.82, 2.24) is 9.36 Å². The van der Waals surface area contributed by atoms with Crippen LogP contribution >= 0.6 is 11.5 Å². The van der Waals surface area contributed by atoms with Crippen molar-refractivity contribution in [3.05, 3.63) is 41.9 Å². The van der Waals surface area contributed by atoms with E-state index in [1.807, 2.05) is 6.20 Å². The van der Waals surface area contributed by atoms with Crippen LogP contribution in [0.15, 0.2) is 41.9 Å². The van der Waals surface area contributed by atoms with Gasteiger partial charge in [-0.05, 0) is 42.1 Å². The molecule has 0 spiro atoms. The summed E-state index contributed by atoms with van der Waals surface area (Å²) < 4.78 is 4.24. The lowest BCUT2D eigenvalue weighted by Gasteiger charge is -2.18. The molecule has 0 N–H and O–H groups in total. The van der Waals surface area contributed by atoms with Crippen molar-refractivity contribution in [2.75, 3.05) is 18.0 Å². The predicted molar refractivity (Wildman–Crippen MR) is 84.3 cm³/mol. The van der Waals surface area contributed by atoms with Gasteiger partial charge in [-0.1, -0.05) is 18.2 Å². The number of fused-ring (bicyclic) bond motifs is 1. The van der Waals surface area contributed by atoms with Crippen LogP contribution in [-0.2, 0) is 0 Å². The average Bonchev–Trinajstić information content (AvgIpc) is 3.19. The van der Waals surface area contributed by atoms with Gasteiger partial charge in [-0.2, -0.15) is 0 Å². The van der Waals surface area contributed by atoms with Gasteiger partial charge in [0, 0.05) is 35.6 Å². The molecule has 100 valence electrons. The second-order valence-electron chi connectivity index (χ2n) is 5.15. The summed E-state index contributed by atoms with van der Waals surface area (Å²) in [7, 11) is 0. The first-order valence-electron chi connectivity index (χ1n) is 6.96. The number of nitrogens with zero attached hydrogens (tertiary/aromatic N) is 3. The Bertz CT molecular complexity index is 731. The lowest BCUT2D eigenvalue weighted by atomic mass is 10.0. The van der Waals surface area contributed by atoms with E-state index in [4.69, 9.17) is 4.98 Å². The van der Waals surface area contributed by atoms with E-state index in [1.165, 1.54) is 40.9 Å². The SMILES string of the molecule is c1ccc2c(-c3cnsc3)cc(N3CCCC3)nc2c1. The van der Waals surface area contributed by atoms with E-state index in [-0.39, 0.29) is 0 Å². The van der Waals surface area contributed by atoms with Gasteiger partial charge in [0.15, 0.2) is 0 Å². The number of para-hydroxylation sites is 1. The maximum atomic E-state index is 4.84. The fraction of sp³-hybridized carbons (Fsp3) is 0.250. The largest absolute Gasteiger partial charge is 0.357 e. The number of anilines is 1. The minimum absolute atomic E-state index is 1.07. The van der Waals surface area contributed by atoms with Gasteiger partial charge in [-0.3, -0.25) is 0 Å². The highest BCUT2D eigenvalue weighted by Crippen LogP contribution is 2.32. The zero-order chi connectivity index (χ0) is 13.4. The minimum Gasteiger partial charge on any atom is -0.357 e. The van der Waals surface area contributed by atoms with Gasteiger partial charge in [0.25, 0.3) is 0 Å². The Hall–Kier alpha value is -1.94. The van der Waals surface area contributed by atoms with Crippen LogP contribution in [0.2, 0.25) is 0 Å². The summed E-state index contributed by atoms with van der Waals surface area (Å²) in [6.45, 7) is 2.24. The van der Waals surface area contributed by atoms with Gasteiger partial charge in [0.2, 0.25) is 0 Å². The first kappa shape index (κ1) is 11.9. The van der Waals surface area contributed by atoms with Crippen LogP contribution in [0.3, 0.4) is 0 Å². The number of hydrogen-bond acceptors (Lipinski definition) is 4. The van der Waals surface area contributed by atoms with Gasteiger partial charge >= 0.3 is 0 Å². The maximum Gasteiger partial charge on any atom is 0.129 e. The molecule has 20 heavy (non-hydrogen) atoms. The van der Waals surface area contributed by atoms with Crippen molar-refractivity contribution in [2.45, 2.75) is 12.8 Å². The Balaban J connectivity index is 1.94. The molecule has 3 nitrogen and oxygen atoms in total. The van der Waals surface area contributed by atoms with Crippen LogP contribution in [0.1, 0.15) is 12.8 Å². The van der Waals surface area contributed by atoms with E-state index >= 15 is 0 Å². The molecule has 1 fully saturated rings. The third-order valence-electron chi connectivity index (χ3n) is 3.88. The quantitative estimate of drug-likeness (QED) is 0.712. The molecule has 1 aliphatic rings. The molecular weight excluding hydrogens is 266 g/mol. The molecule has 1 saturated heterocycles. The molecule has 0 amide bonds. The molecule has 3 aromatic rings. The zero-order valence-electron chi connectivity index (χ0n) is 11.1. The molecular formula is C16H15N3S. The molecule has 0 unspecified atom stereocenters. The Kier molecular flexibility index (Phi) is 2.89. The monoisotopic (exact) mass is 281 g/mol. The average molecular weight is 281 g/mol.